The summed E-state index contributed by atoms with van der Waals surface area (Å²) >= 11 is 1.29. The summed E-state index contributed by atoms with van der Waals surface area (Å²) in [6.07, 6.45) is 0. The number of halogens is 1. The lowest BCUT2D eigenvalue weighted by molar-refractivity contribution is 0.386. The highest BCUT2D eigenvalue weighted by atomic mass is 32.2. The van der Waals surface area contributed by atoms with Crippen LogP contribution in [0.2, 0.25) is 0 Å². The van der Waals surface area contributed by atoms with Crippen molar-refractivity contribution in [3.05, 3.63) is 41.8 Å². The van der Waals surface area contributed by atoms with Gasteiger partial charge in [-0.15, -0.1) is 10.2 Å². The number of hydrogen-bond acceptors (Lipinski definition) is 7. The third-order valence-corrected chi connectivity index (χ3v) is 3.19. The largest absolute Gasteiger partial charge is 0.411 e. The summed E-state index contributed by atoms with van der Waals surface area (Å²) in [7, 11) is 0. The number of benzene rings is 1. The van der Waals surface area contributed by atoms with Crippen molar-refractivity contribution in [1.29, 1.82) is 0 Å². The van der Waals surface area contributed by atoms with E-state index in [4.69, 9.17) is 8.94 Å². The Morgan fingerprint density at radius 2 is 2.00 bits per heavy atom. The second-order valence-electron chi connectivity index (χ2n) is 3.90. The first kappa shape index (κ1) is 12.8. The van der Waals surface area contributed by atoms with Crippen molar-refractivity contribution in [2.75, 3.05) is 0 Å². The zero-order chi connectivity index (χ0) is 13.9. The summed E-state index contributed by atoms with van der Waals surface area (Å²) in [5, 5.41) is 11.9. The molecule has 0 aliphatic carbocycles. The summed E-state index contributed by atoms with van der Waals surface area (Å²) in [4.78, 5) is 4.07. The van der Waals surface area contributed by atoms with Crippen molar-refractivity contribution in [3.63, 3.8) is 0 Å². The Balaban J connectivity index is 1.69. The average Bonchev–Trinajstić information content (AvgIpc) is 3.06. The minimum absolute atomic E-state index is 0.311. The third-order valence-electron chi connectivity index (χ3n) is 2.39. The van der Waals surface area contributed by atoms with E-state index in [-0.39, 0.29) is 5.82 Å². The van der Waals surface area contributed by atoms with Gasteiger partial charge in [0.05, 0.1) is 5.75 Å². The average molecular weight is 292 g/mol. The van der Waals surface area contributed by atoms with Crippen molar-refractivity contribution in [3.8, 4) is 11.5 Å². The fourth-order valence-corrected chi connectivity index (χ4v) is 2.10. The van der Waals surface area contributed by atoms with Crippen LogP contribution in [0.15, 0.2) is 38.4 Å². The molecule has 0 atom stereocenters. The maximum absolute atomic E-state index is 12.8. The van der Waals surface area contributed by atoms with Gasteiger partial charge < -0.3 is 8.94 Å². The molecule has 0 saturated heterocycles. The minimum atomic E-state index is -0.311. The second kappa shape index (κ2) is 5.41. The maximum atomic E-state index is 12.8. The van der Waals surface area contributed by atoms with Crippen LogP contribution in [0, 0.1) is 12.7 Å². The predicted octanol–water partition coefficient (Wildman–Crippen LogP) is 2.86. The lowest BCUT2D eigenvalue weighted by Gasteiger charge is -1.93. The van der Waals surface area contributed by atoms with Crippen molar-refractivity contribution < 1.29 is 13.3 Å². The second-order valence-corrected chi connectivity index (χ2v) is 4.83. The van der Waals surface area contributed by atoms with Crippen molar-refractivity contribution in [1.82, 2.24) is 20.3 Å². The molecule has 0 spiro atoms. The standard InChI is InChI=1S/C12H9FN4O2S/c1-7-14-10(19-17-7)6-20-12-16-15-11(18-12)8-2-4-9(13)5-3-8/h2-5H,6H2,1H3. The van der Waals surface area contributed by atoms with E-state index in [0.29, 0.717) is 34.1 Å². The van der Waals surface area contributed by atoms with Gasteiger partial charge in [0.1, 0.15) is 5.82 Å². The first-order chi connectivity index (χ1) is 9.70. The summed E-state index contributed by atoms with van der Waals surface area (Å²) in [6.45, 7) is 1.75. The zero-order valence-corrected chi connectivity index (χ0v) is 11.2. The molecule has 0 unspecified atom stereocenters. The van der Waals surface area contributed by atoms with E-state index in [2.05, 4.69) is 20.3 Å². The lowest BCUT2D eigenvalue weighted by atomic mass is 10.2. The predicted molar refractivity (Wildman–Crippen MR) is 68.3 cm³/mol. The van der Waals surface area contributed by atoms with Crippen molar-refractivity contribution >= 4 is 11.8 Å². The molecule has 0 fully saturated rings. The molecule has 20 heavy (non-hydrogen) atoms. The number of rotatable bonds is 4. The molecule has 8 heteroatoms. The normalized spacial score (nSPS) is 10.9. The molecule has 0 aliphatic rings. The van der Waals surface area contributed by atoms with E-state index in [1.165, 1.54) is 23.9 Å². The van der Waals surface area contributed by atoms with Gasteiger partial charge in [0.25, 0.3) is 5.22 Å². The van der Waals surface area contributed by atoms with E-state index in [1.807, 2.05) is 0 Å². The molecular formula is C12H9FN4O2S. The van der Waals surface area contributed by atoms with Crippen LogP contribution in [-0.4, -0.2) is 20.3 Å². The van der Waals surface area contributed by atoms with Gasteiger partial charge in [-0.1, -0.05) is 16.9 Å². The monoisotopic (exact) mass is 292 g/mol. The molecular weight excluding hydrogens is 283 g/mol. The van der Waals surface area contributed by atoms with Crippen LogP contribution in [0.1, 0.15) is 11.7 Å². The SMILES string of the molecule is Cc1noc(CSc2nnc(-c3ccc(F)cc3)o2)n1. The quantitative estimate of drug-likeness (QED) is 0.684. The topological polar surface area (TPSA) is 77.8 Å². The van der Waals surface area contributed by atoms with Gasteiger partial charge in [-0.2, -0.15) is 4.98 Å². The van der Waals surface area contributed by atoms with Crippen LogP contribution < -0.4 is 0 Å². The van der Waals surface area contributed by atoms with Crippen LogP contribution >= 0.6 is 11.8 Å². The molecule has 1 aromatic carbocycles. The molecule has 0 aliphatic heterocycles. The first-order valence-electron chi connectivity index (χ1n) is 5.72. The van der Waals surface area contributed by atoms with Crippen LogP contribution in [0.4, 0.5) is 4.39 Å². The van der Waals surface area contributed by atoms with Gasteiger partial charge >= 0.3 is 0 Å². The molecule has 102 valence electrons. The van der Waals surface area contributed by atoms with E-state index < -0.39 is 0 Å². The fraction of sp³-hybridized carbons (Fsp3) is 0.167. The zero-order valence-electron chi connectivity index (χ0n) is 10.4. The van der Waals surface area contributed by atoms with E-state index >= 15 is 0 Å². The molecule has 6 nitrogen and oxygen atoms in total. The highest BCUT2D eigenvalue weighted by molar-refractivity contribution is 7.98. The van der Waals surface area contributed by atoms with E-state index in [1.54, 1.807) is 19.1 Å². The molecule has 3 aromatic rings. The van der Waals surface area contributed by atoms with Crippen LogP contribution in [0.3, 0.4) is 0 Å². The molecule has 0 N–H and O–H groups in total. The fourth-order valence-electron chi connectivity index (χ4n) is 1.50. The number of aryl methyl sites for hydroxylation is 1. The van der Waals surface area contributed by atoms with Crippen LogP contribution in [-0.2, 0) is 5.75 Å². The molecule has 2 aromatic heterocycles. The van der Waals surface area contributed by atoms with E-state index in [9.17, 15) is 4.39 Å². The van der Waals surface area contributed by atoms with Gasteiger partial charge in [0.2, 0.25) is 11.8 Å². The lowest BCUT2D eigenvalue weighted by Crippen LogP contribution is -1.80. The summed E-state index contributed by atoms with van der Waals surface area (Å²) in [5.41, 5.74) is 0.666. The van der Waals surface area contributed by atoms with Gasteiger partial charge in [-0.3, -0.25) is 0 Å². The highest BCUT2D eigenvalue weighted by Crippen LogP contribution is 2.25. The summed E-state index contributed by atoms with van der Waals surface area (Å²) < 4.78 is 23.3. The summed E-state index contributed by atoms with van der Waals surface area (Å²) in [6, 6.07) is 5.85. The smallest absolute Gasteiger partial charge is 0.277 e. The highest BCUT2D eigenvalue weighted by Gasteiger charge is 2.11. The first-order valence-corrected chi connectivity index (χ1v) is 6.71. The molecule has 2 heterocycles. The Hall–Kier alpha value is -2.22. The van der Waals surface area contributed by atoms with Gasteiger partial charge in [-0.25, -0.2) is 4.39 Å². The van der Waals surface area contributed by atoms with Crippen molar-refractivity contribution in [2.24, 2.45) is 0 Å². The Kier molecular flexibility index (Phi) is 3.46. The Morgan fingerprint density at radius 3 is 2.70 bits per heavy atom. The Morgan fingerprint density at radius 1 is 1.20 bits per heavy atom. The molecule has 3 rings (SSSR count). The van der Waals surface area contributed by atoms with Crippen LogP contribution in [0.5, 0.6) is 0 Å². The minimum Gasteiger partial charge on any atom is -0.411 e. The van der Waals surface area contributed by atoms with Crippen LogP contribution in [0.25, 0.3) is 11.5 Å². The number of thioether (sulfide) groups is 1. The third kappa shape index (κ3) is 2.85. The van der Waals surface area contributed by atoms with Gasteiger partial charge in [0, 0.05) is 5.56 Å². The van der Waals surface area contributed by atoms with Crippen molar-refractivity contribution in [2.45, 2.75) is 17.9 Å². The molecule has 0 radical (unpaired) electrons. The van der Waals surface area contributed by atoms with Gasteiger partial charge in [-0.05, 0) is 31.2 Å². The molecule has 0 saturated carbocycles. The molecule has 0 bridgehead atoms. The van der Waals surface area contributed by atoms with Gasteiger partial charge in [0.15, 0.2) is 5.82 Å². The van der Waals surface area contributed by atoms with E-state index in [0.717, 1.165) is 0 Å². The number of nitrogens with zero attached hydrogens (tertiary/aromatic N) is 4. The number of hydrogen-bond donors (Lipinski definition) is 0. The molecule has 0 amide bonds. The maximum Gasteiger partial charge on any atom is 0.277 e. The number of aromatic nitrogens is 4. The Bertz CT molecular complexity index is 710. The Labute approximate surface area is 117 Å². The summed E-state index contributed by atoms with van der Waals surface area (Å²) in [5.74, 6) is 1.56.